The molecule has 2 saturated heterocycles. The van der Waals surface area contributed by atoms with Gasteiger partial charge in [0.15, 0.2) is 0 Å². The second kappa shape index (κ2) is 12.2. The number of rotatable bonds is 8. The number of carbonyl (C=O) groups is 3. The Balaban J connectivity index is 1.56. The van der Waals surface area contributed by atoms with Crippen LogP contribution < -0.4 is 5.32 Å². The lowest BCUT2D eigenvalue weighted by atomic mass is 9.76. The van der Waals surface area contributed by atoms with Crippen molar-refractivity contribution in [3.05, 3.63) is 35.9 Å². The van der Waals surface area contributed by atoms with E-state index in [-0.39, 0.29) is 43.1 Å². The molecule has 1 aromatic rings. The number of ether oxygens (including phenoxy) is 2. The molecule has 1 unspecified atom stereocenters. The van der Waals surface area contributed by atoms with Crippen LogP contribution in [0.2, 0.25) is 0 Å². The highest BCUT2D eigenvalue weighted by Crippen LogP contribution is 2.37. The predicted octanol–water partition coefficient (Wildman–Crippen LogP) is 3.35. The van der Waals surface area contributed by atoms with Gasteiger partial charge < -0.3 is 19.7 Å². The van der Waals surface area contributed by atoms with Crippen molar-refractivity contribution in [1.29, 1.82) is 0 Å². The van der Waals surface area contributed by atoms with Crippen LogP contribution in [0.4, 0.5) is 4.79 Å². The fourth-order valence-corrected chi connectivity index (χ4v) is 5.05. The van der Waals surface area contributed by atoms with Gasteiger partial charge in [-0.15, -0.1) is 0 Å². The minimum atomic E-state index is -0.820. The summed E-state index contributed by atoms with van der Waals surface area (Å²) in [6, 6.07) is 9.95. The number of esters is 1. The number of nitrogens with zero attached hydrogens (tertiary/aromatic N) is 2. The van der Waals surface area contributed by atoms with Gasteiger partial charge in [-0.2, -0.15) is 0 Å². The number of hydrogen-bond donors (Lipinski definition) is 1. The Morgan fingerprint density at radius 1 is 1.09 bits per heavy atom. The van der Waals surface area contributed by atoms with Crippen molar-refractivity contribution in [2.24, 2.45) is 5.41 Å². The van der Waals surface area contributed by atoms with Gasteiger partial charge in [0.05, 0.1) is 12.0 Å². The zero-order valence-electron chi connectivity index (χ0n) is 20.8. The molecule has 2 amide bonds. The number of nitrogens with one attached hydrogen (secondary N) is 1. The average molecular weight is 474 g/mol. The Labute approximate surface area is 202 Å². The van der Waals surface area contributed by atoms with Crippen LogP contribution >= 0.6 is 0 Å². The lowest BCUT2D eigenvalue weighted by molar-refractivity contribution is -0.162. The first-order valence-corrected chi connectivity index (χ1v) is 12.5. The highest BCUT2D eigenvalue weighted by atomic mass is 16.6. The first-order valence-electron chi connectivity index (χ1n) is 12.5. The van der Waals surface area contributed by atoms with Crippen molar-refractivity contribution in [3.63, 3.8) is 0 Å². The van der Waals surface area contributed by atoms with Crippen LogP contribution in [0, 0.1) is 5.41 Å². The van der Waals surface area contributed by atoms with Gasteiger partial charge in [0.1, 0.15) is 6.61 Å². The highest BCUT2D eigenvalue weighted by Gasteiger charge is 2.46. The summed E-state index contributed by atoms with van der Waals surface area (Å²) >= 11 is 0. The topological polar surface area (TPSA) is 88.2 Å². The molecule has 2 fully saturated rings. The van der Waals surface area contributed by atoms with Crippen LogP contribution in [0.25, 0.3) is 0 Å². The van der Waals surface area contributed by atoms with Crippen molar-refractivity contribution in [1.82, 2.24) is 15.1 Å². The van der Waals surface area contributed by atoms with E-state index in [2.05, 4.69) is 10.2 Å². The molecule has 8 nitrogen and oxygen atoms in total. The third kappa shape index (κ3) is 6.95. The molecule has 34 heavy (non-hydrogen) atoms. The van der Waals surface area contributed by atoms with Crippen molar-refractivity contribution >= 4 is 18.0 Å². The number of benzene rings is 1. The summed E-state index contributed by atoms with van der Waals surface area (Å²) in [7, 11) is 0. The van der Waals surface area contributed by atoms with Crippen molar-refractivity contribution in [2.45, 2.75) is 71.6 Å². The maximum absolute atomic E-state index is 13.0. The smallest absolute Gasteiger partial charge is 0.410 e. The van der Waals surface area contributed by atoms with Gasteiger partial charge in [-0.05, 0) is 58.6 Å². The maximum atomic E-state index is 13.0. The Hall–Kier alpha value is -2.61. The van der Waals surface area contributed by atoms with Crippen LogP contribution in [0.15, 0.2) is 30.3 Å². The molecule has 8 heteroatoms. The first kappa shape index (κ1) is 26.0. The van der Waals surface area contributed by atoms with Crippen LogP contribution in [0.5, 0.6) is 0 Å². The van der Waals surface area contributed by atoms with Crippen LogP contribution in [0.3, 0.4) is 0 Å². The van der Waals surface area contributed by atoms with Crippen LogP contribution in [-0.2, 0) is 25.7 Å². The van der Waals surface area contributed by atoms with E-state index in [1.165, 1.54) is 0 Å². The molecule has 0 saturated carbocycles. The van der Waals surface area contributed by atoms with E-state index in [1.54, 1.807) is 11.8 Å². The summed E-state index contributed by atoms with van der Waals surface area (Å²) in [6.45, 7) is 8.84. The van der Waals surface area contributed by atoms with Gasteiger partial charge in [-0.1, -0.05) is 30.3 Å². The Kier molecular flexibility index (Phi) is 9.33. The minimum absolute atomic E-state index is 0.0254. The monoisotopic (exact) mass is 473 g/mol. The molecular weight excluding hydrogens is 434 g/mol. The molecular formula is C26H39N3O5. The third-order valence-corrected chi connectivity index (χ3v) is 6.71. The summed E-state index contributed by atoms with van der Waals surface area (Å²) in [4.78, 5) is 42.2. The minimum Gasteiger partial charge on any atom is -0.466 e. The molecule has 0 spiro atoms. The molecule has 2 aliphatic heterocycles. The van der Waals surface area contributed by atoms with Crippen LogP contribution in [-0.4, -0.2) is 72.6 Å². The van der Waals surface area contributed by atoms with E-state index < -0.39 is 5.41 Å². The third-order valence-electron chi connectivity index (χ3n) is 6.71. The van der Waals surface area contributed by atoms with E-state index in [1.807, 2.05) is 44.2 Å². The van der Waals surface area contributed by atoms with Gasteiger partial charge in [0.2, 0.25) is 5.91 Å². The van der Waals surface area contributed by atoms with Gasteiger partial charge in [0, 0.05) is 38.1 Å². The highest BCUT2D eigenvalue weighted by molar-refractivity contribution is 5.86. The molecule has 188 valence electrons. The zero-order valence-corrected chi connectivity index (χ0v) is 20.8. The fourth-order valence-electron chi connectivity index (χ4n) is 5.05. The van der Waals surface area contributed by atoms with E-state index in [9.17, 15) is 14.4 Å². The second-order valence-corrected chi connectivity index (χ2v) is 9.73. The van der Waals surface area contributed by atoms with Crippen molar-refractivity contribution < 1.29 is 23.9 Å². The first-order chi connectivity index (χ1) is 16.3. The summed E-state index contributed by atoms with van der Waals surface area (Å²) in [6.07, 6.45) is 2.98. The summed E-state index contributed by atoms with van der Waals surface area (Å²) in [5.41, 5.74) is 0.148. The molecule has 0 bridgehead atoms. The summed E-state index contributed by atoms with van der Waals surface area (Å²) in [5.74, 6) is -0.388. The molecule has 1 N–H and O–H groups in total. The molecule has 1 aromatic carbocycles. The van der Waals surface area contributed by atoms with Gasteiger partial charge in [-0.25, -0.2) is 4.79 Å². The standard InChI is InChI=1S/C26H39N3O5/c1-4-33-24(31)26(17-23(30)27-20(2)3)13-8-14-29(19-26)22-11-15-28(16-12-22)25(32)34-18-21-9-6-5-7-10-21/h5-7,9-10,20,22H,4,8,11-19H2,1-3H3,(H,27,30). The van der Waals surface area contributed by atoms with E-state index >= 15 is 0 Å². The van der Waals surface area contributed by atoms with Gasteiger partial charge >= 0.3 is 12.1 Å². The lowest BCUT2D eigenvalue weighted by Crippen LogP contribution is -2.56. The molecule has 2 aliphatic rings. The number of hydrogen-bond acceptors (Lipinski definition) is 6. The quantitative estimate of drug-likeness (QED) is 0.583. The molecule has 3 rings (SSSR count). The molecule has 0 aliphatic carbocycles. The van der Waals surface area contributed by atoms with E-state index in [0.29, 0.717) is 32.7 Å². The molecule has 2 heterocycles. The predicted molar refractivity (Wildman–Crippen MR) is 129 cm³/mol. The molecule has 0 radical (unpaired) electrons. The Morgan fingerprint density at radius 2 is 1.79 bits per heavy atom. The fraction of sp³-hybridized carbons (Fsp3) is 0.654. The van der Waals surface area contributed by atoms with Crippen LogP contribution in [0.1, 0.15) is 58.4 Å². The van der Waals surface area contributed by atoms with Gasteiger partial charge in [0.25, 0.3) is 0 Å². The zero-order chi connectivity index (χ0) is 24.6. The number of carbonyl (C=O) groups excluding carboxylic acids is 3. The maximum Gasteiger partial charge on any atom is 0.410 e. The lowest BCUT2D eigenvalue weighted by Gasteiger charge is -2.46. The van der Waals surface area contributed by atoms with Crippen molar-refractivity contribution in [3.8, 4) is 0 Å². The Morgan fingerprint density at radius 3 is 2.44 bits per heavy atom. The molecule has 1 atom stereocenters. The summed E-state index contributed by atoms with van der Waals surface area (Å²) < 4.78 is 10.9. The van der Waals surface area contributed by atoms with E-state index in [0.717, 1.165) is 31.4 Å². The average Bonchev–Trinajstić information content (AvgIpc) is 2.83. The Bertz CT molecular complexity index is 823. The van der Waals surface area contributed by atoms with E-state index in [4.69, 9.17) is 9.47 Å². The number of piperidine rings is 2. The summed E-state index contributed by atoms with van der Waals surface area (Å²) in [5, 5.41) is 2.92. The number of likely N-dealkylation sites (tertiary alicyclic amines) is 2. The SMILES string of the molecule is CCOC(=O)C1(CC(=O)NC(C)C)CCCN(C2CCN(C(=O)OCc3ccccc3)CC2)C1. The number of amides is 2. The van der Waals surface area contributed by atoms with Gasteiger partial charge in [-0.3, -0.25) is 14.5 Å². The van der Waals surface area contributed by atoms with Crippen molar-refractivity contribution in [2.75, 3.05) is 32.8 Å². The molecule has 0 aromatic heterocycles. The largest absolute Gasteiger partial charge is 0.466 e. The normalized spacial score (nSPS) is 21.8. The second-order valence-electron chi connectivity index (χ2n) is 9.73.